The van der Waals surface area contributed by atoms with E-state index in [0.717, 1.165) is 4.90 Å². The maximum atomic E-state index is 11.2. The minimum absolute atomic E-state index is 0.242. The Balaban J connectivity index is 2.88. The van der Waals surface area contributed by atoms with Gasteiger partial charge in [-0.2, -0.15) is 0 Å². The Hall–Kier alpha value is -1.32. The summed E-state index contributed by atoms with van der Waals surface area (Å²) < 4.78 is 4.98. The second-order valence-corrected chi connectivity index (χ2v) is 2.95. The summed E-state index contributed by atoms with van der Waals surface area (Å²) in [5.41, 5.74) is 0. The normalized spacial score (nSPS) is 27.2. The Morgan fingerprint density at radius 1 is 1.77 bits per heavy atom. The number of carbonyl (C=O) groups is 2. The third-order valence-corrected chi connectivity index (χ3v) is 2.11. The van der Waals surface area contributed by atoms with Crippen molar-refractivity contribution in [3.05, 3.63) is 12.7 Å². The van der Waals surface area contributed by atoms with Gasteiger partial charge in [-0.1, -0.05) is 13.0 Å². The van der Waals surface area contributed by atoms with Gasteiger partial charge < -0.3 is 4.74 Å². The number of imide groups is 1. The first-order valence-electron chi connectivity index (χ1n) is 4.24. The molecule has 1 fully saturated rings. The fourth-order valence-corrected chi connectivity index (χ4v) is 1.46. The number of amides is 2. The molecule has 0 saturated carbocycles. The van der Waals surface area contributed by atoms with Crippen molar-refractivity contribution in [1.82, 2.24) is 4.90 Å². The number of cyclic esters (lactones) is 1. The Morgan fingerprint density at radius 2 is 2.38 bits per heavy atom. The molecule has 0 radical (unpaired) electrons. The molecule has 13 heavy (non-hydrogen) atoms. The summed E-state index contributed by atoms with van der Waals surface area (Å²) in [6.07, 6.45) is 1.45. The molecule has 1 aliphatic rings. The predicted molar refractivity (Wildman–Crippen MR) is 47.1 cm³/mol. The minimum atomic E-state index is -0.566. The summed E-state index contributed by atoms with van der Waals surface area (Å²) in [7, 11) is 0. The van der Waals surface area contributed by atoms with E-state index in [-0.39, 0.29) is 18.1 Å². The van der Waals surface area contributed by atoms with Crippen molar-refractivity contribution in [2.24, 2.45) is 0 Å². The van der Waals surface area contributed by atoms with Crippen molar-refractivity contribution in [3.63, 3.8) is 0 Å². The highest BCUT2D eigenvalue weighted by atomic mass is 16.6. The van der Waals surface area contributed by atoms with Gasteiger partial charge in [0.1, 0.15) is 6.10 Å². The zero-order valence-electron chi connectivity index (χ0n) is 7.82. The summed E-state index contributed by atoms with van der Waals surface area (Å²) in [5.74, 6) is -0.300. The van der Waals surface area contributed by atoms with E-state index in [0.29, 0.717) is 6.42 Å². The highest BCUT2D eigenvalue weighted by Gasteiger charge is 2.41. The first-order chi connectivity index (χ1) is 6.11. The van der Waals surface area contributed by atoms with E-state index >= 15 is 0 Å². The molecule has 4 heteroatoms. The summed E-state index contributed by atoms with van der Waals surface area (Å²) in [5, 5.41) is 0. The molecule has 4 nitrogen and oxygen atoms in total. The minimum Gasteiger partial charge on any atom is -0.443 e. The highest BCUT2D eigenvalue weighted by molar-refractivity contribution is 5.92. The highest BCUT2D eigenvalue weighted by Crippen LogP contribution is 2.22. The van der Waals surface area contributed by atoms with Gasteiger partial charge in [0.05, 0.1) is 6.04 Å². The van der Waals surface area contributed by atoms with Gasteiger partial charge in [0.2, 0.25) is 5.91 Å². The Labute approximate surface area is 77.2 Å². The van der Waals surface area contributed by atoms with Crippen molar-refractivity contribution in [2.75, 3.05) is 0 Å². The lowest BCUT2D eigenvalue weighted by Gasteiger charge is -2.16. The molecule has 2 atom stereocenters. The second-order valence-electron chi connectivity index (χ2n) is 2.95. The lowest BCUT2D eigenvalue weighted by atomic mass is 10.1. The van der Waals surface area contributed by atoms with Crippen LogP contribution in [0, 0.1) is 0 Å². The Kier molecular flexibility index (Phi) is 2.70. The van der Waals surface area contributed by atoms with Gasteiger partial charge in [0.15, 0.2) is 0 Å². The molecule has 0 spiro atoms. The third-order valence-electron chi connectivity index (χ3n) is 2.11. The fraction of sp³-hybridized carbons (Fsp3) is 0.556. The van der Waals surface area contributed by atoms with Gasteiger partial charge >= 0.3 is 6.09 Å². The van der Waals surface area contributed by atoms with Crippen LogP contribution < -0.4 is 0 Å². The first kappa shape index (κ1) is 9.77. The van der Waals surface area contributed by atoms with Crippen molar-refractivity contribution >= 4 is 12.0 Å². The molecule has 0 N–H and O–H groups in total. The van der Waals surface area contributed by atoms with Crippen LogP contribution in [0.25, 0.3) is 0 Å². The fourth-order valence-electron chi connectivity index (χ4n) is 1.46. The summed E-state index contributed by atoms with van der Waals surface area (Å²) >= 11 is 0. The maximum Gasteiger partial charge on any atom is 0.417 e. The van der Waals surface area contributed by atoms with Crippen LogP contribution in [0.5, 0.6) is 0 Å². The van der Waals surface area contributed by atoms with Crippen LogP contribution in [-0.4, -0.2) is 29.0 Å². The average molecular weight is 183 g/mol. The van der Waals surface area contributed by atoms with E-state index in [2.05, 4.69) is 6.58 Å². The van der Waals surface area contributed by atoms with Gasteiger partial charge in [-0.15, -0.1) is 6.58 Å². The van der Waals surface area contributed by atoms with E-state index < -0.39 is 6.09 Å². The van der Waals surface area contributed by atoms with Crippen LogP contribution in [0.3, 0.4) is 0 Å². The number of ether oxygens (including phenoxy) is 1. The number of nitrogens with zero attached hydrogens (tertiary/aromatic N) is 1. The van der Waals surface area contributed by atoms with Crippen LogP contribution in [0.15, 0.2) is 12.7 Å². The van der Waals surface area contributed by atoms with Crippen LogP contribution in [0.1, 0.15) is 20.3 Å². The average Bonchev–Trinajstić information content (AvgIpc) is 2.41. The van der Waals surface area contributed by atoms with Crippen LogP contribution >= 0.6 is 0 Å². The maximum absolute atomic E-state index is 11.2. The topological polar surface area (TPSA) is 46.6 Å². The third kappa shape index (κ3) is 1.56. The summed E-state index contributed by atoms with van der Waals surface area (Å²) in [6, 6.07) is -0.310. The lowest BCUT2D eigenvalue weighted by molar-refractivity contribution is -0.126. The molecule has 72 valence electrons. The second kappa shape index (κ2) is 3.60. The Bertz CT molecular complexity index is 249. The monoisotopic (exact) mass is 183 g/mol. The molecule has 0 aliphatic carbocycles. The van der Waals surface area contributed by atoms with Gasteiger partial charge in [-0.05, 0) is 6.42 Å². The summed E-state index contributed by atoms with van der Waals surface area (Å²) in [4.78, 5) is 23.4. The number of hydrogen-bond donors (Lipinski definition) is 0. The summed E-state index contributed by atoms with van der Waals surface area (Å²) in [6.45, 7) is 6.83. The lowest BCUT2D eigenvalue weighted by Crippen LogP contribution is -2.38. The molecule has 1 aliphatic heterocycles. The number of carbonyl (C=O) groups excluding carboxylic acids is 2. The van der Waals surface area contributed by atoms with Crippen molar-refractivity contribution in [2.45, 2.75) is 32.4 Å². The number of hydrogen-bond acceptors (Lipinski definition) is 3. The SMILES string of the molecule is C=C[C@@H]1[C@H](CC)OC(=O)N1C(C)=O. The van der Waals surface area contributed by atoms with E-state index in [1.807, 2.05) is 6.92 Å². The quantitative estimate of drug-likeness (QED) is 0.606. The molecule has 0 unspecified atom stereocenters. The van der Waals surface area contributed by atoms with Crippen LogP contribution in [0.2, 0.25) is 0 Å². The molecule has 2 amide bonds. The molecule has 1 saturated heterocycles. The molecule has 0 bridgehead atoms. The van der Waals surface area contributed by atoms with E-state index in [4.69, 9.17) is 4.74 Å². The zero-order valence-corrected chi connectivity index (χ0v) is 7.82. The van der Waals surface area contributed by atoms with E-state index in [9.17, 15) is 9.59 Å². The van der Waals surface area contributed by atoms with Crippen molar-refractivity contribution in [3.8, 4) is 0 Å². The largest absolute Gasteiger partial charge is 0.443 e. The van der Waals surface area contributed by atoms with Gasteiger partial charge in [0.25, 0.3) is 0 Å². The van der Waals surface area contributed by atoms with Crippen molar-refractivity contribution in [1.29, 1.82) is 0 Å². The van der Waals surface area contributed by atoms with E-state index in [1.54, 1.807) is 6.08 Å². The van der Waals surface area contributed by atoms with Crippen molar-refractivity contribution < 1.29 is 14.3 Å². The molecular weight excluding hydrogens is 170 g/mol. The molecule has 0 aromatic carbocycles. The van der Waals surface area contributed by atoms with E-state index in [1.165, 1.54) is 6.92 Å². The van der Waals surface area contributed by atoms with Gasteiger partial charge in [-0.25, -0.2) is 9.69 Å². The molecule has 0 aromatic rings. The van der Waals surface area contributed by atoms with Crippen LogP contribution in [-0.2, 0) is 9.53 Å². The first-order valence-corrected chi connectivity index (χ1v) is 4.24. The molecular formula is C9H13NO3. The molecule has 1 rings (SSSR count). The van der Waals surface area contributed by atoms with Gasteiger partial charge in [0, 0.05) is 6.92 Å². The predicted octanol–water partition coefficient (Wildman–Crippen LogP) is 1.32. The standard InChI is InChI=1S/C9H13NO3/c1-4-7-8(5-2)13-9(12)10(7)6(3)11/h4,7-8H,1,5H2,2-3H3/t7-,8+/m1/s1. The van der Waals surface area contributed by atoms with Crippen LogP contribution in [0.4, 0.5) is 4.79 Å². The number of rotatable bonds is 2. The molecule has 1 heterocycles. The molecule has 0 aromatic heterocycles. The smallest absolute Gasteiger partial charge is 0.417 e. The van der Waals surface area contributed by atoms with Gasteiger partial charge in [-0.3, -0.25) is 4.79 Å². The Morgan fingerprint density at radius 3 is 2.77 bits per heavy atom. The zero-order chi connectivity index (χ0) is 10.0.